The summed E-state index contributed by atoms with van der Waals surface area (Å²) < 4.78 is 5.46. The normalized spacial score (nSPS) is 30.6. The van der Waals surface area contributed by atoms with E-state index < -0.39 is 11.6 Å². The van der Waals surface area contributed by atoms with E-state index in [9.17, 15) is 14.7 Å². The summed E-state index contributed by atoms with van der Waals surface area (Å²) in [7, 11) is 0. The van der Waals surface area contributed by atoms with Crippen molar-refractivity contribution >= 4 is 12.1 Å². The van der Waals surface area contributed by atoms with Gasteiger partial charge >= 0.3 is 12.1 Å². The van der Waals surface area contributed by atoms with E-state index in [0.29, 0.717) is 18.9 Å². The van der Waals surface area contributed by atoms with Crippen LogP contribution in [0.4, 0.5) is 4.79 Å². The summed E-state index contributed by atoms with van der Waals surface area (Å²) in [4.78, 5) is 25.3. The molecule has 0 aromatic carbocycles. The van der Waals surface area contributed by atoms with Crippen LogP contribution in [0.15, 0.2) is 0 Å². The Morgan fingerprint density at radius 3 is 2.50 bits per heavy atom. The molecule has 114 valence electrons. The number of rotatable bonds is 1. The maximum Gasteiger partial charge on any atom is 0.410 e. The number of piperidine rings is 1. The molecule has 2 rings (SSSR count). The number of amides is 1. The third kappa shape index (κ3) is 3.44. The standard InChI is InChI=1S/C15H25NO4/c1-15(2,3)20-14(19)16-8-4-5-10-6-7-11(13(17)18)9-12(10)16/h10-12H,4-9H2,1-3H3,(H,17,18). The highest BCUT2D eigenvalue weighted by molar-refractivity contribution is 5.71. The predicted molar refractivity (Wildman–Crippen MR) is 74.4 cm³/mol. The van der Waals surface area contributed by atoms with E-state index in [0.717, 1.165) is 25.7 Å². The van der Waals surface area contributed by atoms with Crippen LogP contribution < -0.4 is 0 Å². The summed E-state index contributed by atoms with van der Waals surface area (Å²) in [5.74, 6) is -0.621. The van der Waals surface area contributed by atoms with Crippen molar-refractivity contribution in [3.63, 3.8) is 0 Å². The zero-order valence-corrected chi connectivity index (χ0v) is 12.6. The van der Waals surface area contributed by atoms with Crippen LogP contribution >= 0.6 is 0 Å². The van der Waals surface area contributed by atoms with Gasteiger partial charge in [0.15, 0.2) is 0 Å². The number of ether oxygens (including phenoxy) is 1. The molecule has 5 heteroatoms. The second-order valence-corrected chi connectivity index (χ2v) is 6.99. The van der Waals surface area contributed by atoms with E-state index >= 15 is 0 Å². The first-order chi connectivity index (χ1) is 9.28. The highest BCUT2D eigenvalue weighted by atomic mass is 16.6. The van der Waals surface area contributed by atoms with Gasteiger partial charge in [0.2, 0.25) is 0 Å². The Bertz CT molecular complexity index is 388. The van der Waals surface area contributed by atoms with Gasteiger partial charge in [-0.15, -0.1) is 0 Å². The van der Waals surface area contributed by atoms with Gasteiger partial charge < -0.3 is 14.7 Å². The van der Waals surface area contributed by atoms with Gasteiger partial charge in [0.05, 0.1) is 5.92 Å². The van der Waals surface area contributed by atoms with Gasteiger partial charge in [-0.2, -0.15) is 0 Å². The lowest BCUT2D eigenvalue weighted by Gasteiger charge is -2.45. The van der Waals surface area contributed by atoms with Crippen molar-refractivity contribution in [2.24, 2.45) is 11.8 Å². The lowest BCUT2D eigenvalue weighted by molar-refractivity contribution is -0.144. The number of carbonyl (C=O) groups is 2. The number of carboxylic acids is 1. The van der Waals surface area contributed by atoms with Crippen molar-refractivity contribution < 1.29 is 19.4 Å². The molecule has 2 fully saturated rings. The van der Waals surface area contributed by atoms with Crippen LogP contribution in [0, 0.1) is 11.8 Å². The Morgan fingerprint density at radius 1 is 1.20 bits per heavy atom. The second kappa shape index (κ2) is 5.62. The van der Waals surface area contributed by atoms with Crippen LogP contribution in [-0.2, 0) is 9.53 Å². The van der Waals surface area contributed by atoms with Gasteiger partial charge in [-0.05, 0) is 58.8 Å². The molecule has 1 amide bonds. The summed E-state index contributed by atoms with van der Waals surface area (Å²) in [6, 6.07) is 0.0356. The van der Waals surface area contributed by atoms with E-state index in [-0.39, 0.29) is 18.1 Å². The van der Waals surface area contributed by atoms with Crippen molar-refractivity contribution in [3.8, 4) is 0 Å². The summed E-state index contributed by atoms with van der Waals surface area (Å²) in [5, 5.41) is 9.21. The van der Waals surface area contributed by atoms with Gasteiger partial charge in [0.25, 0.3) is 0 Å². The number of aliphatic carboxylic acids is 1. The molecule has 3 atom stereocenters. The van der Waals surface area contributed by atoms with Crippen molar-refractivity contribution in [2.75, 3.05) is 6.54 Å². The highest BCUT2D eigenvalue weighted by Crippen LogP contribution is 2.38. The number of fused-ring (bicyclic) bond motifs is 1. The SMILES string of the molecule is CC(C)(C)OC(=O)N1CCCC2CCC(C(=O)O)CC21. The van der Waals surface area contributed by atoms with E-state index in [1.165, 1.54) is 0 Å². The lowest BCUT2D eigenvalue weighted by atomic mass is 9.74. The van der Waals surface area contributed by atoms with E-state index in [1.807, 2.05) is 20.8 Å². The molecule has 1 saturated carbocycles. The molecular weight excluding hydrogens is 258 g/mol. The molecular formula is C15H25NO4. The fraction of sp³-hybridized carbons (Fsp3) is 0.867. The van der Waals surface area contributed by atoms with Crippen LogP contribution in [0.5, 0.6) is 0 Å². The molecule has 0 spiro atoms. The molecule has 1 aliphatic carbocycles. The number of carboxylic acid groups (broad SMARTS) is 1. The quantitative estimate of drug-likeness (QED) is 0.803. The minimum absolute atomic E-state index is 0.0356. The minimum atomic E-state index is -0.738. The van der Waals surface area contributed by atoms with Crippen LogP contribution in [0.3, 0.4) is 0 Å². The molecule has 1 saturated heterocycles. The summed E-state index contributed by atoms with van der Waals surface area (Å²) in [5.41, 5.74) is -0.509. The Kier molecular flexibility index (Phi) is 4.25. The van der Waals surface area contributed by atoms with Crippen molar-refractivity contribution in [1.29, 1.82) is 0 Å². The maximum atomic E-state index is 12.3. The topological polar surface area (TPSA) is 66.8 Å². The van der Waals surface area contributed by atoms with E-state index in [1.54, 1.807) is 4.90 Å². The number of carbonyl (C=O) groups excluding carboxylic acids is 1. The lowest BCUT2D eigenvalue weighted by Crippen LogP contribution is -2.52. The first-order valence-electron chi connectivity index (χ1n) is 7.50. The third-order valence-corrected chi connectivity index (χ3v) is 4.31. The van der Waals surface area contributed by atoms with Gasteiger partial charge in [-0.3, -0.25) is 4.79 Å². The van der Waals surface area contributed by atoms with Gasteiger partial charge in [-0.25, -0.2) is 4.79 Å². The van der Waals surface area contributed by atoms with Crippen molar-refractivity contribution in [1.82, 2.24) is 4.90 Å². The molecule has 0 aromatic heterocycles. The van der Waals surface area contributed by atoms with Crippen molar-refractivity contribution in [2.45, 2.75) is 64.5 Å². The molecule has 1 aliphatic heterocycles. The zero-order valence-electron chi connectivity index (χ0n) is 12.6. The van der Waals surface area contributed by atoms with Crippen LogP contribution in [0.1, 0.15) is 52.9 Å². The Labute approximate surface area is 120 Å². The molecule has 2 aliphatic rings. The fourth-order valence-corrected chi connectivity index (χ4v) is 3.39. The predicted octanol–water partition coefficient (Wildman–Crippen LogP) is 2.89. The largest absolute Gasteiger partial charge is 0.481 e. The van der Waals surface area contributed by atoms with Crippen LogP contribution in [-0.4, -0.2) is 40.3 Å². The van der Waals surface area contributed by atoms with Gasteiger partial charge in [-0.1, -0.05) is 0 Å². The Hall–Kier alpha value is -1.26. The zero-order chi connectivity index (χ0) is 14.9. The Balaban J connectivity index is 2.08. The average Bonchev–Trinajstić information content (AvgIpc) is 2.35. The second-order valence-electron chi connectivity index (χ2n) is 6.99. The molecule has 20 heavy (non-hydrogen) atoms. The summed E-state index contributed by atoms with van der Waals surface area (Å²) >= 11 is 0. The number of hydrogen-bond donors (Lipinski definition) is 1. The molecule has 5 nitrogen and oxygen atoms in total. The van der Waals surface area contributed by atoms with Gasteiger partial charge in [0, 0.05) is 12.6 Å². The summed E-state index contributed by atoms with van der Waals surface area (Å²) in [6.45, 7) is 6.25. The van der Waals surface area contributed by atoms with Gasteiger partial charge in [0.1, 0.15) is 5.60 Å². The van der Waals surface area contributed by atoms with Crippen LogP contribution in [0.2, 0.25) is 0 Å². The highest BCUT2D eigenvalue weighted by Gasteiger charge is 2.41. The molecule has 0 radical (unpaired) electrons. The molecule has 3 unspecified atom stereocenters. The first kappa shape index (κ1) is 15.1. The number of hydrogen-bond acceptors (Lipinski definition) is 3. The molecule has 1 heterocycles. The average molecular weight is 283 g/mol. The smallest absolute Gasteiger partial charge is 0.410 e. The molecule has 1 N–H and O–H groups in total. The molecule has 0 bridgehead atoms. The molecule has 0 aromatic rings. The minimum Gasteiger partial charge on any atom is -0.481 e. The monoisotopic (exact) mass is 283 g/mol. The third-order valence-electron chi connectivity index (χ3n) is 4.31. The number of nitrogens with zero attached hydrogens (tertiary/aromatic N) is 1. The van der Waals surface area contributed by atoms with E-state index in [4.69, 9.17) is 4.74 Å². The maximum absolute atomic E-state index is 12.3. The first-order valence-corrected chi connectivity index (χ1v) is 7.50. The van der Waals surface area contributed by atoms with Crippen molar-refractivity contribution in [3.05, 3.63) is 0 Å². The van der Waals surface area contributed by atoms with E-state index in [2.05, 4.69) is 0 Å². The fourth-order valence-electron chi connectivity index (χ4n) is 3.39. The Morgan fingerprint density at radius 2 is 1.90 bits per heavy atom. The summed E-state index contributed by atoms with van der Waals surface area (Å²) in [6.07, 6.45) is 3.99. The number of likely N-dealkylation sites (tertiary alicyclic amines) is 1. The van der Waals surface area contributed by atoms with Crippen LogP contribution in [0.25, 0.3) is 0 Å².